The van der Waals surface area contributed by atoms with Crippen LogP contribution in [0.15, 0.2) is 0 Å². The van der Waals surface area contributed by atoms with Crippen LogP contribution in [0.4, 0.5) is 0 Å². The minimum absolute atomic E-state index is 1.14. The standard InChI is InChI=1S/C7H17NO2Si/c1-9-11(3,10-2)8-6-4-5-7-8/h4-7H2,1-3H3. The van der Waals surface area contributed by atoms with Crippen LogP contribution in [0.5, 0.6) is 0 Å². The van der Waals surface area contributed by atoms with Gasteiger partial charge in [0.1, 0.15) is 0 Å². The van der Waals surface area contributed by atoms with Crippen molar-refractivity contribution < 1.29 is 8.85 Å². The Labute approximate surface area is 69.6 Å². The van der Waals surface area contributed by atoms with Crippen molar-refractivity contribution in [1.29, 1.82) is 0 Å². The van der Waals surface area contributed by atoms with E-state index in [1.54, 1.807) is 14.2 Å². The molecule has 1 rings (SSSR count). The molecule has 11 heavy (non-hydrogen) atoms. The Hall–Kier alpha value is 0.0969. The van der Waals surface area contributed by atoms with Crippen molar-refractivity contribution in [3.63, 3.8) is 0 Å². The van der Waals surface area contributed by atoms with Crippen LogP contribution in [-0.4, -0.2) is 40.6 Å². The Morgan fingerprint density at radius 1 is 1.09 bits per heavy atom. The van der Waals surface area contributed by atoms with Gasteiger partial charge in [-0.25, -0.2) is 0 Å². The smallest absolute Gasteiger partial charge is 0.386 e. The van der Waals surface area contributed by atoms with Crippen LogP contribution in [0.25, 0.3) is 0 Å². The second-order valence-electron chi connectivity index (χ2n) is 3.00. The van der Waals surface area contributed by atoms with Crippen LogP contribution in [-0.2, 0) is 8.85 Å². The second-order valence-corrected chi connectivity index (χ2v) is 6.24. The Kier molecular flexibility index (Phi) is 3.06. The predicted molar refractivity (Wildman–Crippen MR) is 46.4 cm³/mol. The van der Waals surface area contributed by atoms with Crippen molar-refractivity contribution in [2.45, 2.75) is 19.4 Å². The highest BCUT2D eigenvalue weighted by molar-refractivity contribution is 6.63. The molecule has 0 aromatic heterocycles. The molecule has 1 aliphatic rings. The van der Waals surface area contributed by atoms with Gasteiger partial charge in [0.2, 0.25) is 0 Å². The number of hydrogen-bond acceptors (Lipinski definition) is 3. The van der Waals surface area contributed by atoms with E-state index in [2.05, 4.69) is 11.1 Å². The molecule has 3 nitrogen and oxygen atoms in total. The van der Waals surface area contributed by atoms with E-state index in [4.69, 9.17) is 8.85 Å². The number of rotatable bonds is 3. The minimum Gasteiger partial charge on any atom is -0.386 e. The first kappa shape index (κ1) is 9.19. The lowest BCUT2D eigenvalue weighted by Gasteiger charge is -2.31. The summed E-state index contributed by atoms with van der Waals surface area (Å²) in [6.45, 7) is 4.38. The van der Waals surface area contributed by atoms with Crippen molar-refractivity contribution >= 4 is 8.72 Å². The molecule has 0 aromatic carbocycles. The van der Waals surface area contributed by atoms with Crippen molar-refractivity contribution in [2.75, 3.05) is 27.3 Å². The van der Waals surface area contributed by atoms with Gasteiger partial charge in [0, 0.05) is 14.2 Å². The average molecular weight is 175 g/mol. The van der Waals surface area contributed by atoms with Gasteiger partial charge >= 0.3 is 8.72 Å². The Morgan fingerprint density at radius 2 is 1.55 bits per heavy atom. The molecule has 0 aliphatic carbocycles. The van der Waals surface area contributed by atoms with Gasteiger partial charge in [0.15, 0.2) is 0 Å². The van der Waals surface area contributed by atoms with Crippen LogP contribution in [0.3, 0.4) is 0 Å². The van der Waals surface area contributed by atoms with Crippen LogP contribution in [0.1, 0.15) is 12.8 Å². The number of hydrogen-bond donors (Lipinski definition) is 0. The van der Waals surface area contributed by atoms with Gasteiger partial charge in [-0.1, -0.05) is 0 Å². The molecule has 0 atom stereocenters. The minimum atomic E-state index is -1.93. The summed E-state index contributed by atoms with van der Waals surface area (Å²) in [5.74, 6) is 0. The zero-order valence-corrected chi connectivity index (χ0v) is 8.59. The van der Waals surface area contributed by atoms with E-state index in [1.807, 2.05) is 0 Å². The van der Waals surface area contributed by atoms with E-state index >= 15 is 0 Å². The van der Waals surface area contributed by atoms with Crippen molar-refractivity contribution in [1.82, 2.24) is 4.57 Å². The highest BCUT2D eigenvalue weighted by Gasteiger charge is 2.38. The maximum Gasteiger partial charge on any atom is 0.424 e. The zero-order chi connectivity index (χ0) is 8.32. The monoisotopic (exact) mass is 175 g/mol. The highest BCUT2D eigenvalue weighted by atomic mass is 28.4. The van der Waals surface area contributed by atoms with Gasteiger partial charge in [0.25, 0.3) is 0 Å². The first-order valence-corrected chi connectivity index (χ1v) is 6.34. The lowest BCUT2D eigenvalue weighted by atomic mass is 10.4. The summed E-state index contributed by atoms with van der Waals surface area (Å²) < 4.78 is 13.2. The van der Waals surface area contributed by atoms with Gasteiger partial charge in [0.05, 0.1) is 0 Å². The Bertz CT molecular complexity index is 122. The number of nitrogens with zero attached hydrogens (tertiary/aromatic N) is 1. The maximum atomic E-state index is 5.41. The molecule has 0 amide bonds. The molecule has 4 heteroatoms. The summed E-state index contributed by atoms with van der Waals surface area (Å²) in [5, 5.41) is 0. The Morgan fingerprint density at radius 3 is 1.91 bits per heavy atom. The summed E-state index contributed by atoms with van der Waals surface area (Å²) >= 11 is 0. The van der Waals surface area contributed by atoms with Gasteiger partial charge in [-0.2, -0.15) is 0 Å². The average Bonchev–Trinajstić information content (AvgIpc) is 2.55. The third-order valence-corrected chi connectivity index (χ3v) is 5.55. The van der Waals surface area contributed by atoms with Crippen molar-refractivity contribution in [3.8, 4) is 0 Å². The van der Waals surface area contributed by atoms with E-state index in [0.717, 1.165) is 13.1 Å². The van der Waals surface area contributed by atoms with Crippen molar-refractivity contribution in [2.24, 2.45) is 0 Å². The van der Waals surface area contributed by atoms with E-state index in [0.29, 0.717) is 0 Å². The lowest BCUT2D eigenvalue weighted by molar-refractivity contribution is 0.183. The fraction of sp³-hybridized carbons (Fsp3) is 1.00. The summed E-state index contributed by atoms with van der Waals surface area (Å²) in [5.41, 5.74) is 0. The normalized spacial score (nSPS) is 21.0. The first-order chi connectivity index (χ1) is 5.23. The zero-order valence-electron chi connectivity index (χ0n) is 7.59. The van der Waals surface area contributed by atoms with Gasteiger partial charge < -0.3 is 8.85 Å². The van der Waals surface area contributed by atoms with E-state index < -0.39 is 8.72 Å². The van der Waals surface area contributed by atoms with Crippen LogP contribution < -0.4 is 0 Å². The quantitative estimate of drug-likeness (QED) is 0.596. The topological polar surface area (TPSA) is 21.7 Å². The molecule has 0 bridgehead atoms. The van der Waals surface area contributed by atoms with Crippen LogP contribution in [0, 0.1) is 0 Å². The molecule has 0 radical (unpaired) electrons. The van der Waals surface area contributed by atoms with Gasteiger partial charge in [-0.15, -0.1) is 0 Å². The van der Waals surface area contributed by atoms with Crippen molar-refractivity contribution in [3.05, 3.63) is 0 Å². The molecule has 0 saturated carbocycles. The first-order valence-electron chi connectivity index (χ1n) is 4.08. The highest BCUT2D eigenvalue weighted by Crippen LogP contribution is 2.18. The molecule has 0 N–H and O–H groups in total. The summed E-state index contributed by atoms with van der Waals surface area (Å²) in [4.78, 5) is 0. The van der Waals surface area contributed by atoms with Gasteiger partial charge in [-0.3, -0.25) is 4.57 Å². The SMILES string of the molecule is CO[Si](C)(OC)N1CCCC1. The Balaban J connectivity index is 2.52. The molecule has 0 aromatic rings. The molecule has 1 saturated heterocycles. The third-order valence-electron chi connectivity index (χ3n) is 2.44. The van der Waals surface area contributed by atoms with E-state index in [1.165, 1.54) is 12.8 Å². The summed E-state index contributed by atoms with van der Waals surface area (Å²) in [6.07, 6.45) is 2.57. The fourth-order valence-electron chi connectivity index (χ4n) is 1.46. The molecular formula is C7H17NO2Si. The molecular weight excluding hydrogens is 158 g/mol. The second kappa shape index (κ2) is 3.67. The molecule has 1 aliphatic heterocycles. The predicted octanol–water partition coefficient (Wildman–Crippen LogP) is 0.944. The summed E-state index contributed by atoms with van der Waals surface area (Å²) in [7, 11) is 1.56. The largest absolute Gasteiger partial charge is 0.424 e. The molecule has 1 fully saturated rings. The third kappa shape index (κ3) is 1.82. The maximum absolute atomic E-state index is 5.41. The fourth-order valence-corrected chi connectivity index (χ4v) is 3.28. The van der Waals surface area contributed by atoms with Crippen LogP contribution >= 0.6 is 0 Å². The molecule has 1 heterocycles. The van der Waals surface area contributed by atoms with E-state index in [-0.39, 0.29) is 0 Å². The molecule has 66 valence electrons. The summed E-state index contributed by atoms with van der Waals surface area (Å²) in [6, 6.07) is 0. The van der Waals surface area contributed by atoms with Gasteiger partial charge in [-0.05, 0) is 32.5 Å². The molecule has 0 unspecified atom stereocenters. The lowest BCUT2D eigenvalue weighted by Crippen LogP contribution is -2.53. The molecule has 0 spiro atoms. The van der Waals surface area contributed by atoms with E-state index in [9.17, 15) is 0 Å². The van der Waals surface area contributed by atoms with Crippen LogP contribution in [0.2, 0.25) is 6.55 Å².